The number of hydrogen-bond donors (Lipinski definition) is 2. The van der Waals surface area contributed by atoms with Crippen LogP contribution in [0.1, 0.15) is 22.8 Å². The maximum absolute atomic E-state index is 11.8. The molecular weight excluding hydrogens is 222 g/mol. The zero-order valence-electron chi connectivity index (χ0n) is 9.78. The summed E-state index contributed by atoms with van der Waals surface area (Å²) in [7, 11) is 0. The molecule has 2 N–H and O–H groups in total. The summed E-state index contributed by atoms with van der Waals surface area (Å²) in [5.41, 5.74) is 1.30. The van der Waals surface area contributed by atoms with E-state index in [9.17, 15) is 9.90 Å². The SMILES string of the molecule is CSCC(C)NC(=O)c1ccc(O)c(C)c1. The van der Waals surface area contributed by atoms with E-state index in [4.69, 9.17) is 0 Å². The first-order valence-corrected chi connectivity index (χ1v) is 6.53. The highest BCUT2D eigenvalue weighted by Crippen LogP contribution is 2.16. The van der Waals surface area contributed by atoms with Crippen LogP contribution in [-0.2, 0) is 0 Å². The minimum Gasteiger partial charge on any atom is -0.508 e. The molecule has 0 spiro atoms. The summed E-state index contributed by atoms with van der Waals surface area (Å²) in [4.78, 5) is 11.8. The van der Waals surface area contributed by atoms with E-state index in [1.54, 1.807) is 36.9 Å². The molecule has 1 rings (SSSR count). The molecule has 1 atom stereocenters. The molecule has 0 radical (unpaired) electrons. The fourth-order valence-corrected chi connectivity index (χ4v) is 1.98. The molecule has 1 aromatic carbocycles. The largest absolute Gasteiger partial charge is 0.508 e. The molecular formula is C12H17NO2S. The summed E-state index contributed by atoms with van der Waals surface area (Å²) in [5.74, 6) is 1.02. The van der Waals surface area contributed by atoms with Crippen LogP contribution < -0.4 is 5.32 Å². The average Bonchev–Trinajstić information content (AvgIpc) is 2.22. The topological polar surface area (TPSA) is 49.3 Å². The van der Waals surface area contributed by atoms with Crippen molar-refractivity contribution in [2.24, 2.45) is 0 Å². The molecule has 0 aliphatic heterocycles. The molecule has 1 amide bonds. The molecule has 0 saturated heterocycles. The third-order valence-electron chi connectivity index (χ3n) is 2.25. The zero-order valence-corrected chi connectivity index (χ0v) is 10.6. The van der Waals surface area contributed by atoms with E-state index >= 15 is 0 Å². The smallest absolute Gasteiger partial charge is 0.251 e. The van der Waals surface area contributed by atoms with Crippen LogP contribution in [0.5, 0.6) is 5.75 Å². The number of rotatable bonds is 4. The van der Waals surface area contributed by atoms with Gasteiger partial charge in [0.1, 0.15) is 5.75 Å². The molecule has 16 heavy (non-hydrogen) atoms. The predicted octanol–water partition coefficient (Wildman–Crippen LogP) is 2.18. The van der Waals surface area contributed by atoms with Gasteiger partial charge in [-0.2, -0.15) is 11.8 Å². The Morgan fingerprint density at radius 2 is 2.25 bits per heavy atom. The first-order chi connectivity index (χ1) is 7.54. The molecule has 1 unspecified atom stereocenters. The van der Waals surface area contributed by atoms with E-state index in [1.807, 2.05) is 13.2 Å². The first-order valence-electron chi connectivity index (χ1n) is 5.14. The Balaban J connectivity index is 2.69. The second-order valence-electron chi connectivity index (χ2n) is 3.83. The van der Waals surface area contributed by atoms with Crippen molar-refractivity contribution in [2.75, 3.05) is 12.0 Å². The Labute approximate surface area is 100 Å². The van der Waals surface area contributed by atoms with Gasteiger partial charge in [-0.1, -0.05) is 0 Å². The second-order valence-corrected chi connectivity index (χ2v) is 4.74. The van der Waals surface area contributed by atoms with Crippen molar-refractivity contribution in [3.63, 3.8) is 0 Å². The van der Waals surface area contributed by atoms with Crippen LogP contribution in [-0.4, -0.2) is 29.1 Å². The van der Waals surface area contributed by atoms with Crippen molar-refractivity contribution >= 4 is 17.7 Å². The molecule has 4 heteroatoms. The first kappa shape index (κ1) is 12.9. The van der Waals surface area contributed by atoms with E-state index < -0.39 is 0 Å². The summed E-state index contributed by atoms with van der Waals surface area (Å²) in [6.45, 7) is 3.75. The fourth-order valence-electron chi connectivity index (χ4n) is 1.40. The standard InChI is InChI=1S/C12H17NO2S/c1-8-6-10(4-5-11(8)14)12(15)13-9(2)7-16-3/h4-6,9,14H,7H2,1-3H3,(H,13,15). The Morgan fingerprint density at radius 1 is 1.56 bits per heavy atom. The Hall–Kier alpha value is -1.16. The lowest BCUT2D eigenvalue weighted by molar-refractivity contribution is 0.0943. The molecule has 0 aliphatic carbocycles. The Morgan fingerprint density at radius 3 is 2.81 bits per heavy atom. The molecule has 1 aromatic rings. The molecule has 0 aromatic heterocycles. The normalized spacial score (nSPS) is 12.2. The van der Waals surface area contributed by atoms with Gasteiger partial charge in [0.15, 0.2) is 0 Å². The van der Waals surface area contributed by atoms with E-state index in [0.29, 0.717) is 11.1 Å². The van der Waals surface area contributed by atoms with Crippen molar-refractivity contribution in [3.8, 4) is 5.75 Å². The second kappa shape index (κ2) is 5.80. The number of carbonyl (C=O) groups is 1. The van der Waals surface area contributed by atoms with Crippen molar-refractivity contribution < 1.29 is 9.90 Å². The van der Waals surface area contributed by atoms with Gasteiger partial charge >= 0.3 is 0 Å². The number of phenolic OH excluding ortho intramolecular Hbond substituents is 1. The van der Waals surface area contributed by atoms with E-state index in [1.165, 1.54) is 0 Å². The number of thioether (sulfide) groups is 1. The number of amides is 1. The third-order valence-corrected chi connectivity index (χ3v) is 3.09. The number of benzene rings is 1. The number of carbonyl (C=O) groups excluding carboxylic acids is 1. The van der Waals surface area contributed by atoms with Gasteiger partial charge in [-0.05, 0) is 43.9 Å². The maximum atomic E-state index is 11.8. The summed E-state index contributed by atoms with van der Waals surface area (Å²) < 4.78 is 0. The maximum Gasteiger partial charge on any atom is 0.251 e. The molecule has 0 saturated carbocycles. The lowest BCUT2D eigenvalue weighted by atomic mass is 10.1. The number of nitrogens with one attached hydrogen (secondary N) is 1. The van der Waals surface area contributed by atoms with E-state index in [0.717, 1.165) is 5.75 Å². The Bertz CT molecular complexity index is 379. The summed E-state index contributed by atoms with van der Waals surface area (Å²) >= 11 is 1.70. The van der Waals surface area contributed by atoms with Crippen molar-refractivity contribution in [1.82, 2.24) is 5.32 Å². The van der Waals surface area contributed by atoms with Crippen LogP contribution in [0.3, 0.4) is 0 Å². The molecule has 3 nitrogen and oxygen atoms in total. The molecule has 0 heterocycles. The van der Waals surface area contributed by atoms with Gasteiger partial charge in [-0.3, -0.25) is 4.79 Å². The number of phenols is 1. The minimum absolute atomic E-state index is 0.0929. The van der Waals surface area contributed by atoms with Crippen molar-refractivity contribution in [3.05, 3.63) is 29.3 Å². The molecule has 0 fully saturated rings. The van der Waals surface area contributed by atoms with Gasteiger partial charge in [0.25, 0.3) is 5.91 Å². The van der Waals surface area contributed by atoms with Gasteiger partial charge in [0.05, 0.1) is 0 Å². The van der Waals surface area contributed by atoms with Gasteiger partial charge in [-0.15, -0.1) is 0 Å². The van der Waals surface area contributed by atoms with Crippen molar-refractivity contribution in [2.45, 2.75) is 19.9 Å². The van der Waals surface area contributed by atoms with Crippen LogP contribution in [0.2, 0.25) is 0 Å². The summed E-state index contributed by atoms with van der Waals surface area (Å²) in [6.07, 6.45) is 2.01. The van der Waals surface area contributed by atoms with Gasteiger partial charge in [-0.25, -0.2) is 0 Å². The monoisotopic (exact) mass is 239 g/mol. The molecule has 88 valence electrons. The van der Waals surface area contributed by atoms with Crippen LogP contribution in [0, 0.1) is 6.92 Å². The molecule has 0 aliphatic rings. The van der Waals surface area contributed by atoms with Gasteiger partial charge < -0.3 is 10.4 Å². The molecule has 0 bridgehead atoms. The number of aryl methyl sites for hydroxylation is 1. The number of aromatic hydroxyl groups is 1. The zero-order chi connectivity index (χ0) is 12.1. The van der Waals surface area contributed by atoms with Crippen LogP contribution in [0.4, 0.5) is 0 Å². The highest BCUT2D eigenvalue weighted by Gasteiger charge is 2.10. The lowest BCUT2D eigenvalue weighted by Gasteiger charge is -2.12. The average molecular weight is 239 g/mol. The van der Waals surface area contributed by atoms with E-state index in [-0.39, 0.29) is 17.7 Å². The minimum atomic E-state index is -0.0929. The highest BCUT2D eigenvalue weighted by molar-refractivity contribution is 7.98. The highest BCUT2D eigenvalue weighted by atomic mass is 32.2. The summed E-state index contributed by atoms with van der Waals surface area (Å²) in [5, 5.41) is 12.3. The quantitative estimate of drug-likeness (QED) is 0.846. The summed E-state index contributed by atoms with van der Waals surface area (Å²) in [6, 6.07) is 5.01. The van der Waals surface area contributed by atoms with Gasteiger partial charge in [0, 0.05) is 17.4 Å². The Kier molecular flexibility index (Phi) is 4.68. The van der Waals surface area contributed by atoms with E-state index in [2.05, 4.69) is 5.32 Å². The van der Waals surface area contributed by atoms with Crippen LogP contribution in [0.15, 0.2) is 18.2 Å². The van der Waals surface area contributed by atoms with Crippen LogP contribution >= 0.6 is 11.8 Å². The number of hydrogen-bond acceptors (Lipinski definition) is 3. The lowest BCUT2D eigenvalue weighted by Crippen LogP contribution is -2.34. The van der Waals surface area contributed by atoms with Crippen LogP contribution in [0.25, 0.3) is 0 Å². The predicted molar refractivity (Wildman–Crippen MR) is 68.2 cm³/mol. The van der Waals surface area contributed by atoms with Crippen molar-refractivity contribution in [1.29, 1.82) is 0 Å². The van der Waals surface area contributed by atoms with Gasteiger partial charge in [0.2, 0.25) is 0 Å². The third kappa shape index (κ3) is 3.45. The fraction of sp³-hybridized carbons (Fsp3) is 0.417.